The number of carboxylic acid groups (broad SMARTS) is 4. The highest BCUT2D eigenvalue weighted by Gasteiger charge is 2.23. The summed E-state index contributed by atoms with van der Waals surface area (Å²) in [6.07, 6.45) is 3.22. The monoisotopic (exact) mass is 653 g/mol. The zero-order valence-electron chi connectivity index (χ0n) is 25.8. The van der Waals surface area contributed by atoms with Gasteiger partial charge in [0.25, 0.3) is 0 Å². The molecule has 0 saturated carbocycles. The first kappa shape index (κ1) is 36.0. The van der Waals surface area contributed by atoms with Gasteiger partial charge in [0.1, 0.15) is 11.6 Å². The number of carboxylic acids is 4. The topological polar surface area (TPSA) is 189 Å². The molecule has 0 aliphatic carbocycles. The molecule has 0 bridgehead atoms. The van der Waals surface area contributed by atoms with Crippen molar-refractivity contribution < 1.29 is 53.5 Å². The third kappa shape index (κ3) is 10.8. The number of carbonyl (C=O) groups is 4. The maximum Gasteiger partial charge on any atom is 0.414 e. The van der Waals surface area contributed by atoms with Gasteiger partial charge in [-0.15, -0.1) is 0 Å². The molecule has 3 aromatic carbocycles. The van der Waals surface area contributed by atoms with Crippen molar-refractivity contribution in [3.05, 3.63) is 89.5 Å². The molecular weight excluding hydrogens is 617 g/mol. The fourth-order valence-corrected chi connectivity index (χ4v) is 5.05. The number of likely N-dealkylation sites (tertiary alicyclic amines) is 1. The van der Waals surface area contributed by atoms with Crippen LogP contribution in [0.2, 0.25) is 0 Å². The molecule has 0 spiro atoms. The molecule has 13 nitrogen and oxygen atoms in total. The van der Waals surface area contributed by atoms with Gasteiger partial charge in [-0.05, 0) is 55.1 Å². The maximum absolute atomic E-state index is 13.5. The smallest absolute Gasteiger partial charge is 0.414 e. The van der Waals surface area contributed by atoms with Crippen molar-refractivity contribution in [3.63, 3.8) is 0 Å². The summed E-state index contributed by atoms with van der Waals surface area (Å²) in [6, 6.07) is 21.3. The average molecular weight is 654 g/mol. The minimum Gasteiger partial charge on any atom is -0.493 e. The molecule has 2 heterocycles. The van der Waals surface area contributed by atoms with Gasteiger partial charge in [-0.25, -0.2) is 28.6 Å². The Balaban J connectivity index is 0.000000428. The SMILES string of the molecule is COc1cc2nc(CC3CCN(Cc4ccccc4)CC3)n(Cc3ccc(F)cc3)c2cc1OC.O=C(O)C(=O)O.O=C(O)C(=O)O. The Morgan fingerprint density at radius 1 is 0.766 bits per heavy atom. The molecule has 0 radical (unpaired) electrons. The number of hydrogen-bond acceptors (Lipinski definition) is 8. The number of hydrogen-bond donors (Lipinski definition) is 4. The van der Waals surface area contributed by atoms with E-state index in [9.17, 15) is 4.39 Å². The summed E-state index contributed by atoms with van der Waals surface area (Å²) in [6.45, 7) is 3.84. The van der Waals surface area contributed by atoms with E-state index in [-0.39, 0.29) is 5.82 Å². The second-order valence-electron chi connectivity index (χ2n) is 10.6. The Morgan fingerprint density at radius 2 is 1.28 bits per heavy atom. The van der Waals surface area contributed by atoms with Crippen LogP contribution < -0.4 is 9.47 Å². The van der Waals surface area contributed by atoms with Crippen LogP contribution in [-0.4, -0.2) is 86.1 Å². The highest BCUT2D eigenvalue weighted by atomic mass is 19.1. The first-order valence-corrected chi connectivity index (χ1v) is 14.5. The van der Waals surface area contributed by atoms with Crippen LogP contribution in [0.15, 0.2) is 66.7 Å². The molecule has 250 valence electrons. The number of fused-ring (bicyclic) bond motifs is 1. The Bertz CT molecular complexity index is 1620. The van der Waals surface area contributed by atoms with Crippen LogP contribution in [0.25, 0.3) is 11.0 Å². The quantitative estimate of drug-likeness (QED) is 0.200. The number of aliphatic carboxylic acids is 4. The zero-order valence-corrected chi connectivity index (χ0v) is 25.8. The van der Waals surface area contributed by atoms with Crippen LogP contribution >= 0.6 is 0 Å². The van der Waals surface area contributed by atoms with Gasteiger partial charge in [-0.3, -0.25) is 4.90 Å². The Kier molecular flexibility index (Phi) is 13.2. The van der Waals surface area contributed by atoms with Crippen LogP contribution in [0, 0.1) is 11.7 Å². The second-order valence-corrected chi connectivity index (χ2v) is 10.6. The summed E-state index contributed by atoms with van der Waals surface area (Å²) in [5.74, 6) is -4.53. The molecule has 4 aromatic rings. The van der Waals surface area contributed by atoms with E-state index in [1.54, 1.807) is 14.2 Å². The Labute approximate surface area is 269 Å². The molecule has 47 heavy (non-hydrogen) atoms. The summed E-state index contributed by atoms with van der Waals surface area (Å²) in [4.78, 5) is 44.0. The summed E-state index contributed by atoms with van der Waals surface area (Å²) in [5, 5.41) is 29.6. The second kappa shape index (κ2) is 17.3. The first-order chi connectivity index (χ1) is 22.4. The number of aromatic nitrogens is 2. The van der Waals surface area contributed by atoms with E-state index in [0.29, 0.717) is 24.0 Å². The summed E-state index contributed by atoms with van der Waals surface area (Å²) in [7, 11) is 3.29. The number of ether oxygens (including phenoxy) is 2. The van der Waals surface area contributed by atoms with Crippen molar-refractivity contribution in [2.24, 2.45) is 5.92 Å². The Morgan fingerprint density at radius 3 is 1.79 bits per heavy atom. The van der Waals surface area contributed by atoms with Crippen LogP contribution in [0.5, 0.6) is 11.5 Å². The lowest BCUT2D eigenvalue weighted by Gasteiger charge is -2.32. The molecule has 1 fully saturated rings. The molecule has 4 N–H and O–H groups in total. The number of benzene rings is 3. The number of halogens is 1. The van der Waals surface area contributed by atoms with Gasteiger partial charge >= 0.3 is 23.9 Å². The van der Waals surface area contributed by atoms with E-state index < -0.39 is 23.9 Å². The normalized spacial score (nSPS) is 13.0. The minimum atomic E-state index is -1.82. The molecular formula is C33H36FN3O10. The number of nitrogens with zero attached hydrogens (tertiary/aromatic N) is 3. The van der Waals surface area contributed by atoms with Crippen molar-refractivity contribution in [2.45, 2.75) is 32.4 Å². The lowest BCUT2D eigenvalue weighted by Crippen LogP contribution is -2.34. The standard InChI is InChI=1S/C29H32FN3O2.2C2H2O4/c1-34-27-17-25-26(18-28(27)35-2)33(20-23-8-10-24(30)11-9-23)29(31-25)16-21-12-14-32(15-13-21)19-22-6-4-3-5-7-22;2*3-1(4)2(5)6/h3-11,17-18,21H,12-16,19-20H2,1-2H3;2*(H,3,4)(H,5,6). The molecule has 1 aromatic heterocycles. The van der Waals surface area contributed by atoms with E-state index in [1.807, 2.05) is 24.3 Å². The molecule has 1 saturated heterocycles. The molecule has 5 rings (SSSR count). The molecule has 0 atom stereocenters. The summed E-state index contributed by atoms with van der Waals surface area (Å²) >= 11 is 0. The van der Waals surface area contributed by atoms with Crippen LogP contribution in [0.1, 0.15) is 29.8 Å². The molecule has 1 aliphatic heterocycles. The van der Waals surface area contributed by atoms with Crippen molar-refractivity contribution in [2.75, 3.05) is 27.3 Å². The third-order valence-electron chi connectivity index (χ3n) is 7.38. The lowest BCUT2D eigenvalue weighted by molar-refractivity contribution is -0.159. The zero-order chi connectivity index (χ0) is 34.5. The predicted octanol–water partition coefficient (Wildman–Crippen LogP) is 4.01. The highest BCUT2D eigenvalue weighted by molar-refractivity contribution is 6.27. The summed E-state index contributed by atoms with van der Waals surface area (Å²) in [5.41, 5.74) is 4.30. The van der Waals surface area contributed by atoms with Gasteiger partial charge < -0.3 is 34.5 Å². The fraction of sp³-hybridized carbons (Fsp3) is 0.303. The van der Waals surface area contributed by atoms with E-state index in [0.717, 1.165) is 61.3 Å². The Hall–Kier alpha value is -5.50. The largest absolute Gasteiger partial charge is 0.493 e. The van der Waals surface area contributed by atoms with Gasteiger partial charge in [0, 0.05) is 31.6 Å². The number of piperidine rings is 1. The number of rotatable bonds is 8. The fourth-order valence-electron chi connectivity index (χ4n) is 5.05. The van der Waals surface area contributed by atoms with Crippen LogP contribution in [-0.2, 0) is 38.7 Å². The molecule has 0 amide bonds. The van der Waals surface area contributed by atoms with Crippen molar-refractivity contribution in [1.29, 1.82) is 0 Å². The van der Waals surface area contributed by atoms with Crippen molar-refractivity contribution >= 4 is 34.9 Å². The average Bonchev–Trinajstić information content (AvgIpc) is 3.38. The highest BCUT2D eigenvalue weighted by Crippen LogP contribution is 2.34. The van der Waals surface area contributed by atoms with Crippen molar-refractivity contribution in [1.82, 2.24) is 14.5 Å². The van der Waals surface area contributed by atoms with E-state index >= 15 is 0 Å². The van der Waals surface area contributed by atoms with Gasteiger partial charge in [0.05, 0.1) is 25.3 Å². The van der Waals surface area contributed by atoms with Crippen LogP contribution in [0.3, 0.4) is 0 Å². The minimum absolute atomic E-state index is 0.224. The number of imidazole rings is 1. The number of methoxy groups -OCH3 is 2. The van der Waals surface area contributed by atoms with Gasteiger partial charge in [-0.2, -0.15) is 0 Å². The van der Waals surface area contributed by atoms with Gasteiger partial charge in [-0.1, -0.05) is 42.5 Å². The van der Waals surface area contributed by atoms with Gasteiger partial charge in [0.15, 0.2) is 11.5 Å². The maximum atomic E-state index is 13.5. The van der Waals surface area contributed by atoms with Crippen LogP contribution in [0.4, 0.5) is 4.39 Å². The van der Waals surface area contributed by atoms with Gasteiger partial charge in [0.2, 0.25) is 0 Å². The lowest BCUT2D eigenvalue weighted by atomic mass is 9.93. The van der Waals surface area contributed by atoms with E-state index in [2.05, 4.69) is 39.8 Å². The van der Waals surface area contributed by atoms with Crippen molar-refractivity contribution in [3.8, 4) is 11.5 Å². The third-order valence-corrected chi connectivity index (χ3v) is 7.38. The molecule has 14 heteroatoms. The summed E-state index contributed by atoms with van der Waals surface area (Å²) < 4.78 is 26.8. The van der Waals surface area contributed by atoms with E-state index in [4.69, 9.17) is 54.1 Å². The van der Waals surface area contributed by atoms with E-state index in [1.165, 1.54) is 17.7 Å². The predicted molar refractivity (Wildman–Crippen MR) is 167 cm³/mol. The molecule has 0 unspecified atom stereocenters. The molecule has 1 aliphatic rings. The first-order valence-electron chi connectivity index (χ1n) is 14.5.